The Kier molecular flexibility index (Phi) is 7.27. The van der Waals surface area contributed by atoms with Gasteiger partial charge in [0.1, 0.15) is 5.82 Å². The van der Waals surface area contributed by atoms with E-state index in [0.29, 0.717) is 12.4 Å². The van der Waals surface area contributed by atoms with Crippen molar-refractivity contribution >= 4 is 40.8 Å². The van der Waals surface area contributed by atoms with Crippen molar-refractivity contribution in [3.8, 4) is 11.5 Å². The first-order valence-electron chi connectivity index (χ1n) is 7.78. The number of rotatable bonds is 7. The maximum Gasteiger partial charge on any atom is 0.338 e. The Morgan fingerprint density at radius 2 is 1.93 bits per heavy atom. The largest absolute Gasteiger partial charge is 0.493 e. The Bertz CT molecular complexity index is 860. The minimum Gasteiger partial charge on any atom is -0.493 e. The van der Waals surface area contributed by atoms with E-state index >= 15 is 0 Å². The van der Waals surface area contributed by atoms with Gasteiger partial charge < -0.3 is 19.5 Å². The van der Waals surface area contributed by atoms with Gasteiger partial charge in [-0.25, -0.2) is 9.18 Å². The first-order chi connectivity index (χ1) is 12.8. The molecular weight excluding hydrogens is 400 g/mol. The van der Waals surface area contributed by atoms with E-state index in [0.717, 1.165) is 6.07 Å². The van der Waals surface area contributed by atoms with E-state index in [9.17, 15) is 14.0 Å². The van der Waals surface area contributed by atoms with Crippen LogP contribution in [0.2, 0.25) is 10.0 Å². The molecule has 0 aromatic heterocycles. The molecule has 0 saturated heterocycles. The number of hydrogen-bond donors (Lipinski definition) is 1. The fourth-order valence-corrected chi connectivity index (χ4v) is 2.55. The van der Waals surface area contributed by atoms with Crippen molar-refractivity contribution in [3.05, 3.63) is 51.8 Å². The lowest BCUT2D eigenvalue weighted by Crippen LogP contribution is -2.21. The fourth-order valence-electron chi connectivity index (χ4n) is 2.12. The van der Waals surface area contributed by atoms with Crippen molar-refractivity contribution in [2.45, 2.75) is 6.92 Å². The number of halogens is 3. The lowest BCUT2D eigenvalue weighted by molar-refractivity contribution is -0.119. The summed E-state index contributed by atoms with van der Waals surface area (Å²) in [5.74, 6) is -1.65. The van der Waals surface area contributed by atoms with Crippen LogP contribution in [0.15, 0.2) is 30.3 Å². The van der Waals surface area contributed by atoms with Crippen LogP contribution in [0.5, 0.6) is 11.5 Å². The van der Waals surface area contributed by atoms with Crippen LogP contribution in [0.1, 0.15) is 17.3 Å². The number of amides is 1. The Balaban J connectivity index is 2.03. The quantitative estimate of drug-likeness (QED) is 0.680. The third kappa shape index (κ3) is 5.48. The van der Waals surface area contributed by atoms with Gasteiger partial charge in [-0.1, -0.05) is 23.2 Å². The fraction of sp³-hybridized carbons (Fsp3) is 0.222. The zero-order chi connectivity index (χ0) is 20.0. The molecule has 0 unspecified atom stereocenters. The van der Waals surface area contributed by atoms with Gasteiger partial charge in [-0.05, 0) is 37.3 Å². The zero-order valence-electron chi connectivity index (χ0n) is 14.5. The molecule has 0 aliphatic heterocycles. The molecule has 1 N–H and O–H groups in total. The van der Waals surface area contributed by atoms with Crippen LogP contribution in [0, 0.1) is 5.82 Å². The summed E-state index contributed by atoms with van der Waals surface area (Å²) < 4.78 is 29.0. The molecule has 2 aromatic rings. The van der Waals surface area contributed by atoms with Crippen molar-refractivity contribution in [2.75, 3.05) is 25.6 Å². The van der Waals surface area contributed by atoms with Gasteiger partial charge in [0.15, 0.2) is 18.1 Å². The smallest absolute Gasteiger partial charge is 0.338 e. The molecule has 0 radical (unpaired) electrons. The third-order valence-electron chi connectivity index (χ3n) is 3.29. The lowest BCUT2D eigenvalue weighted by Gasteiger charge is -2.13. The second-order valence-electron chi connectivity index (χ2n) is 5.17. The van der Waals surface area contributed by atoms with Gasteiger partial charge >= 0.3 is 5.97 Å². The number of hydrogen-bond acceptors (Lipinski definition) is 5. The van der Waals surface area contributed by atoms with E-state index in [1.807, 2.05) is 0 Å². The monoisotopic (exact) mass is 415 g/mol. The number of carbonyl (C=O) groups excluding carboxylic acids is 2. The van der Waals surface area contributed by atoms with E-state index < -0.39 is 24.3 Å². The minimum atomic E-state index is -0.806. The summed E-state index contributed by atoms with van der Waals surface area (Å²) in [5, 5.41) is 2.68. The SMILES string of the molecule is CCOc1c(Cl)cc(C(=O)OCC(=O)Nc2cc(Cl)ccc2F)cc1OC. The van der Waals surface area contributed by atoms with Gasteiger partial charge in [0.05, 0.1) is 30.0 Å². The summed E-state index contributed by atoms with van der Waals surface area (Å²) in [6, 6.07) is 6.42. The van der Waals surface area contributed by atoms with Crippen LogP contribution >= 0.6 is 23.2 Å². The molecule has 6 nitrogen and oxygen atoms in total. The van der Waals surface area contributed by atoms with E-state index in [1.54, 1.807) is 6.92 Å². The number of methoxy groups -OCH3 is 1. The maximum atomic E-state index is 13.6. The van der Waals surface area contributed by atoms with Gasteiger partial charge in [0, 0.05) is 5.02 Å². The highest BCUT2D eigenvalue weighted by molar-refractivity contribution is 6.32. The van der Waals surface area contributed by atoms with Crippen LogP contribution < -0.4 is 14.8 Å². The predicted octanol–water partition coefficient (Wildman–Crippen LogP) is 4.34. The second-order valence-corrected chi connectivity index (χ2v) is 6.01. The first-order valence-corrected chi connectivity index (χ1v) is 8.53. The van der Waals surface area contributed by atoms with E-state index in [-0.39, 0.29) is 27.0 Å². The van der Waals surface area contributed by atoms with Crippen LogP contribution in [0.25, 0.3) is 0 Å². The van der Waals surface area contributed by atoms with Gasteiger partial charge in [-0.2, -0.15) is 0 Å². The van der Waals surface area contributed by atoms with Crippen molar-refractivity contribution in [1.29, 1.82) is 0 Å². The highest BCUT2D eigenvalue weighted by atomic mass is 35.5. The molecular formula is C18H16Cl2FNO5. The average Bonchev–Trinajstić information content (AvgIpc) is 2.64. The summed E-state index contributed by atoms with van der Waals surface area (Å²) in [5.41, 5.74) is -0.0450. The average molecular weight is 416 g/mol. The highest BCUT2D eigenvalue weighted by Crippen LogP contribution is 2.36. The Morgan fingerprint density at radius 3 is 2.59 bits per heavy atom. The van der Waals surface area contributed by atoms with Crippen molar-refractivity contribution in [3.63, 3.8) is 0 Å². The normalized spacial score (nSPS) is 10.3. The Hall–Kier alpha value is -2.51. The molecule has 0 fully saturated rings. The van der Waals surface area contributed by atoms with Crippen LogP contribution in [-0.4, -0.2) is 32.2 Å². The standard InChI is InChI=1S/C18H16Cl2FNO5/c1-3-26-17-12(20)6-10(7-15(17)25-2)18(24)27-9-16(23)22-14-8-11(19)4-5-13(14)21/h4-8H,3,9H2,1-2H3,(H,22,23). The van der Waals surface area contributed by atoms with Gasteiger partial charge in [-0.15, -0.1) is 0 Å². The van der Waals surface area contributed by atoms with E-state index in [2.05, 4.69) is 5.32 Å². The summed E-state index contributed by atoms with van der Waals surface area (Å²) in [7, 11) is 1.40. The van der Waals surface area contributed by atoms with Crippen LogP contribution in [0.4, 0.5) is 10.1 Å². The molecule has 0 spiro atoms. The Morgan fingerprint density at radius 1 is 1.19 bits per heavy atom. The van der Waals surface area contributed by atoms with Gasteiger partial charge in [0.2, 0.25) is 0 Å². The number of anilines is 1. The molecule has 0 bridgehead atoms. The van der Waals surface area contributed by atoms with Gasteiger partial charge in [-0.3, -0.25) is 4.79 Å². The number of nitrogens with one attached hydrogen (secondary N) is 1. The number of ether oxygens (including phenoxy) is 3. The van der Waals surface area contributed by atoms with Crippen LogP contribution in [0.3, 0.4) is 0 Å². The molecule has 0 saturated carbocycles. The second kappa shape index (κ2) is 9.43. The molecule has 27 heavy (non-hydrogen) atoms. The molecule has 2 aromatic carbocycles. The molecule has 9 heteroatoms. The van der Waals surface area contributed by atoms with E-state index in [4.69, 9.17) is 37.4 Å². The zero-order valence-corrected chi connectivity index (χ0v) is 16.0. The highest BCUT2D eigenvalue weighted by Gasteiger charge is 2.18. The Labute approximate surface area is 165 Å². The molecule has 0 aliphatic carbocycles. The topological polar surface area (TPSA) is 73.9 Å². The predicted molar refractivity (Wildman–Crippen MR) is 99.5 cm³/mol. The first kappa shape index (κ1) is 20.8. The molecule has 144 valence electrons. The summed E-state index contributed by atoms with van der Waals surface area (Å²) in [6.07, 6.45) is 0. The van der Waals surface area contributed by atoms with Gasteiger partial charge in [0.25, 0.3) is 5.91 Å². The molecule has 2 rings (SSSR count). The number of carbonyl (C=O) groups is 2. The molecule has 1 amide bonds. The molecule has 0 atom stereocenters. The van der Waals surface area contributed by atoms with Crippen molar-refractivity contribution in [1.82, 2.24) is 0 Å². The summed E-state index contributed by atoms with van der Waals surface area (Å²) in [4.78, 5) is 24.0. The molecule has 0 aliphatic rings. The third-order valence-corrected chi connectivity index (χ3v) is 3.81. The maximum absolute atomic E-state index is 13.6. The van der Waals surface area contributed by atoms with Crippen LogP contribution in [-0.2, 0) is 9.53 Å². The minimum absolute atomic E-state index is 0.0713. The molecule has 0 heterocycles. The summed E-state index contributed by atoms with van der Waals surface area (Å²) in [6.45, 7) is 1.51. The van der Waals surface area contributed by atoms with Crippen molar-refractivity contribution < 1.29 is 28.2 Å². The van der Waals surface area contributed by atoms with Crippen molar-refractivity contribution in [2.24, 2.45) is 0 Å². The number of benzene rings is 2. The van der Waals surface area contributed by atoms with E-state index in [1.165, 1.54) is 31.4 Å². The summed E-state index contributed by atoms with van der Waals surface area (Å²) >= 11 is 11.8. The number of esters is 1. The lowest BCUT2D eigenvalue weighted by atomic mass is 10.2.